The van der Waals surface area contributed by atoms with Crippen molar-refractivity contribution >= 4 is 0 Å². The molecule has 2 rings (SSSR count). The summed E-state index contributed by atoms with van der Waals surface area (Å²) in [5, 5.41) is 3.43. The Morgan fingerprint density at radius 3 is 2.74 bits per heavy atom. The van der Waals surface area contributed by atoms with E-state index >= 15 is 0 Å². The number of hydrogen-bond donors (Lipinski definition) is 1. The van der Waals surface area contributed by atoms with Crippen LogP contribution in [0.1, 0.15) is 57.3 Å². The van der Waals surface area contributed by atoms with Crippen molar-refractivity contribution in [2.45, 2.75) is 71.1 Å². The van der Waals surface area contributed by atoms with Crippen molar-refractivity contribution in [2.24, 2.45) is 0 Å². The molecule has 0 aromatic carbocycles. The fourth-order valence-corrected chi connectivity index (χ4v) is 2.88. The molecule has 0 saturated heterocycles. The zero-order chi connectivity index (χ0) is 13.7. The Labute approximate surface area is 117 Å². The molecule has 1 N–H and O–H groups in total. The molecule has 108 valence electrons. The molecule has 0 aliphatic heterocycles. The maximum Gasteiger partial charge on any atom is 0.122 e. The summed E-state index contributed by atoms with van der Waals surface area (Å²) in [5.74, 6) is 1.09. The van der Waals surface area contributed by atoms with Gasteiger partial charge in [-0.3, -0.25) is 4.90 Å². The standard InChI is InChI=1S/C16H28N2O/c1-13(2)17-11-16-14(9-10-19-16)12-18(3)15-7-5-4-6-8-15/h9-10,13,15,17H,4-8,11-12H2,1-3H3. The lowest BCUT2D eigenvalue weighted by molar-refractivity contribution is 0.183. The van der Waals surface area contributed by atoms with E-state index in [0.29, 0.717) is 6.04 Å². The summed E-state index contributed by atoms with van der Waals surface area (Å²) in [6, 6.07) is 3.38. The molecule has 1 saturated carbocycles. The van der Waals surface area contributed by atoms with Gasteiger partial charge in [0, 0.05) is 24.2 Å². The Bertz CT molecular complexity index is 367. The first-order chi connectivity index (χ1) is 9.16. The molecule has 19 heavy (non-hydrogen) atoms. The molecular formula is C16H28N2O. The number of nitrogens with one attached hydrogen (secondary N) is 1. The topological polar surface area (TPSA) is 28.4 Å². The molecule has 0 spiro atoms. The highest BCUT2D eigenvalue weighted by Crippen LogP contribution is 2.23. The number of hydrogen-bond acceptors (Lipinski definition) is 3. The fourth-order valence-electron chi connectivity index (χ4n) is 2.88. The van der Waals surface area contributed by atoms with Crippen molar-refractivity contribution in [3.63, 3.8) is 0 Å². The first-order valence-electron chi connectivity index (χ1n) is 7.65. The van der Waals surface area contributed by atoms with Crippen LogP contribution in [0.25, 0.3) is 0 Å². The van der Waals surface area contributed by atoms with Crippen LogP contribution in [0.15, 0.2) is 16.7 Å². The first-order valence-corrected chi connectivity index (χ1v) is 7.65. The molecule has 0 radical (unpaired) electrons. The van der Waals surface area contributed by atoms with Crippen LogP contribution in [-0.2, 0) is 13.1 Å². The van der Waals surface area contributed by atoms with Gasteiger partial charge in [-0.25, -0.2) is 0 Å². The smallest absolute Gasteiger partial charge is 0.122 e. The van der Waals surface area contributed by atoms with Gasteiger partial charge in [0.05, 0.1) is 12.8 Å². The Hall–Kier alpha value is -0.800. The summed E-state index contributed by atoms with van der Waals surface area (Å²) in [4.78, 5) is 2.50. The second-order valence-corrected chi connectivity index (χ2v) is 6.11. The van der Waals surface area contributed by atoms with Crippen molar-refractivity contribution in [3.05, 3.63) is 23.7 Å². The largest absolute Gasteiger partial charge is 0.468 e. The van der Waals surface area contributed by atoms with Gasteiger partial charge in [0.15, 0.2) is 0 Å². The molecule has 0 atom stereocenters. The van der Waals surface area contributed by atoms with Crippen LogP contribution in [0.4, 0.5) is 0 Å². The van der Waals surface area contributed by atoms with Gasteiger partial charge >= 0.3 is 0 Å². The van der Waals surface area contributed by atoms with E-state index in [2.05, 4.69) is 37.2 Å². The highest BCUT2D eigenvalue weighted by atomic mass is 16.3. The van der Waals surface area contributed by atoms with E-state index in [-0.39, 0.29) is 0 Å². The van der Waals surface area contributed by atoms with Gasteiger partial charge in [0.25, 0.3) is 0 Å². The molecule has 3 nitrogen and oxygen atoms in total. The van der Waals surface area contributed by atoms with Crippen LogP contribution in [0, 0.1) is 0 Å². The van der Waals surface area contributed by atoms with Crippen molar-refractivity contribution in [2.75, 3.05) is 7.05 Å². The summed E-state index contributed by atoms with van der Waals surface area (Å²) in [6.45, 7) is 6.17. The Morgan fingerprint density at radius 1 is 1.32 bits per heavy atom. The zero-order valence-electron chi connectivity index (χ0n) is 12.6. The van der Waals surface area contributed by atoms with E-state index in [0.717, 1.165) is 24.9 Å². The molecule has 3 heteroatoms. The second kappa shape index (κ2) is 7.11. The SMILES string of the molecule is CC(C)NCc1occc1CN(C)C1CCCCC1. The molecule has 0 unspecified atom stereocenters. The van der Waals surface area contributed by atoms with Gasteiger partial charge in [-0.15, -0.1) is 0 Å². The molecule has 0 bridgehead atoms. The summed E-state index contributed by atoms with van der Waals surface area (Å²) < 4.78 is 5.61. The first kappa shape index (κ1) is 14.6. The Balaban J connectivity index is 1.89. The molecule has 1 aromatic rings. The van der Waals surface area contributed by atoms with E-state index in [9.17, 15) is 0 Å². The van der Waals surface area contributed by atoms with Crippen LogP contribution in [0.5, 0.6) is 0 Å². The molecule has 1 heterocycles. The normalized spacial score (nSPS) is 17.5. The predicted octanol–water partition coefficient (Wildman–Crippen LogP) is 3.54. The third-order valence-electron chi connectivity index (χ3n) is 4.13. The van der Waals surface area contributed by atoms with Crippen molar-refractivity contribution in [1.82, 2.24) is 10.2 Å². The minimum atomic E-state index is 0.494. The van der Waals surface area contributed by atoms with Crippen LogP contribution in [-0.4, -0.2) is 24.0 Å². The van der Waals surface area contributed by atoms with Gasteiger partial charge < -0.3 is 9.73 Å². The lowest BCUT2D eigenvalue weighted by Crippen LogP contribution is -2.33. The molecule has 0 amide bonds. The van der Waals surface area contributed by atoms with E-state index in [1.54, 1.807) is 0 Å². The van der Waals surface area contributed by atoms with Gasteiger partial charge in [-0.05, 0) is 26.0 Å². The number of rotatable bonds is 6. The third kappa shape index (κ3) is 4.36. The van der Waals surface area contributed by atoms with Crippen LogP contribution in [0.3, 0.4) is 0 Å². The van der Waals surface area contributed by atoms with Crippen LogP contribution < -0.4 is 5.32 Å². The quantitative estimate of drug-likeness (QED) is 0.852. The number of furan rings is 1. The summed E-state index contributed by atoms with van der Waals surface area (Å²) in [6.07, 6.45) is 8.73. The molecule has 1 aliphatic rings. The maximum absolute atomic E-state index is 5.61. The van der Waals surface area contributed by atoms with Crippen LogP contribution in [0.2, 0.25) is 0 Å². The minimum absolute atomic E-state index is 0.494. The van der Waals surface area contributed by atoms with Crippen molar-refractivity contribution in [1.29, 1.82) is 0 Å². The summed E-state index contributed by atoms with van der Waals surface area (Å²) in [7, 11) is 2.25. The van der Waals surface area contributed by atoms with E-state index in [1.165, 1.54) is 37.7 Å². The monoisotopic (exact) mass is 264 g/mol. The fraction of sp³-hybridized carbons (Fsp3) is 0.750. The Kier molecular flexibility index (Phi) is 5.46. The van der Waals surface area contributed by atoms with Gasteiger partial charge in [0.1, 0.15) is 5.76 Å². The predicted molar refractivity (Wildman–Crippen MR) is 79.0 cm³/mol. The number of nitrogens with zero attached hydrogens (tertiary/aromatic N) is 1. The Morgan fingerprint density at radius 2 is 2.05 bits per heavy atom. The van der Waals surface area contributed by atoms with E-state index in [1.807, 2.05) is 6.26 Å². The van der Waals surface area contributed by atoms with Gasteiger partial charge in [-0.1, -0.05) is 33.1 Å². The van der Waals surface area contributed by atoms with E-state index < -0.39 is 0 Å². The average Bonchev–Trinajstić information content (AvgIpc) is 2.84. The highest BCUT2D eigenvalue weighted by Gasteiger charge is 2.19. The summed E-state index contributed by atoms with van der Waals surface area (Å²) in [5.41, 5.74) is 1.33. The van der Waals surface area contributed by atoms with Crippen LogP contribution >= 0.6 is 0 Å². The van der Waals surface area contributed by atoms with Crippen molar-refractivity contribution < 1.29 is 4.42 Å². The zero-order valence-corrected chi connectivity index (χ0v) is 12.6. The molecular weight excluding hydrogens is 236 g/mol. The van der Waals surface area contributed by atoms with Crippen molar-refractivity contribution in [3.8, 4) is 0 Å². The van der Waals surface area contributed by atoms with Gasteiger partial charge in [-0.2, -0.15) is 0 Å². The highest BCUT2D eigenvalue weighted by molar-refractivity contribution is 5.17. The van der Waals surface area contributed by atoms with Gasteiger partial charge in [0.2, 0.25) is 0 Å². The molecule has 1 aliphatic carbocycles. The average molecular weight is 264 g/mol. The third-order valence-corrected chi connectivity index (χ3v) is 4.13. The lowest BCUT2D eigenvalue weighted by atomic mass is 9.94. The minimum Gasteiger partial charge on any atom is -0.468 e. The molecule has 1 fully saturated rings. The lowest BCUT2D eigenvalue weighted by Gasteiger charge is -2.31. The second-order valence-electron chi connectivity index (χ2n) is 6.11. The summed E-state index contributed by atoms with van der Waals surface area (Å²) >= 11 is 0. The molecule has 1 aromatic heterocycles. The van der Waals surface area contributed by atoms with E-state index in [4.69, 9.17) is 4.42 Å². The maximum atomic E-state index is 5.61.